The second kappa shape index (κ2) is 1.97. The molecule has 1 aromatic rings. The van der Waals surface area contributed by atoms with E-state index in [1.807, 2.05) is 12.1 Å². The zero-order valence-corrected chi connectivity index (χ0v) is 5.24. The van der Waals surface area contributed by atoms with E-state index in [1.54, 1.807) is 12.1 Å². The molecule has 1 heterocycles. The van der Waals surface area contributed by atoms with Gasteiger partial charge in [-0.2, -0.15) is 5.48 Å². The Morgan fingerprint density at radius 3 is 2.70 bits per heavy atom. The van der Waals surface area contributed by atoms with Crippen LogP contribution in [0.3, 0.4) is 0 Å². The predicted octanol–water partition coefficient (Wildman–Crippen LogP) is 0.926. The Labute approximate surface area is 58.2 Å². The van der Waals surface area contributed by atoms with Gasteiger partial charge in [0, 0.05) is 5.56 Å². The number of phenols is 1. The Balaban J connectivity index is 2.39. The van der Waals surface area contributed by atoms with Gasteiger partial charge in [0.15, 0.2) is 6.23 Å². The zero-order valence-electron chi connectivity index (χ0n) is 5.24. The highest BCUT2D eigenvalue weighted by Gasteiger charge is 2.26. The molecule has 0 spiro atoms. The number of nitrogens with one attached hydrogen (secondary N) is 1. The minimum absolute atomic E-state index is 0.0961. The lowest BCUT2D eigenvalue weighted by atomic mass is 10.2. The van der Waals surface area contributed by atoms with Gasteiger partial charge in [0.1, 0.15) is 5.75 Å². The Kier molecular flexibility index (Phi) is 1.12. The Morgan fingerprint density at radius 2 is 2.10 bits per heavy atom. The lowest BCUT2D eigenvalue weighted by Crippen LogP contribution is -1.83. The molecule has 1 saturated heterocycles. The van der Waals surface area contributed by atoms with Crippen molar-refractivity contribution in [2.75, 3.05) is 0 Å². The average Bonchev–Trinajstić information content (AvgIpc) is 2.71. The molecule has 1 aromatic carbocycles. The monoisotopic (exact) mass is 137 g/mol. The maximum Gasteiger partial charge on any atom is 0.180 e. The number of hydrogen-bond acceptors (Lipinski definition) is 3. The van der Waals surface area contributed by atoms with Gasteiger partial charge in [-0.1, -0.05) is 18.2 Å². The van der Waals surface area contributed by atoms with Crippen LogP contribution in [-0.2, 0) is 4.84 Å². The standard InChI is InChI=1S/C7H7NO2/c9-6-4-2-1-3-5(6)7-8-10-7/h1-4,7-9H. The molecule has 1 atom stereocenters. The van der Waals surface area contributed by atoms with Crippen molar-refractivity contribution in [1.29, 1.82) is 0 Å². The molecule has 0 aromatic heterocycles. The highest BCUT2D eigenvalue weighted by Crippen LogP contribution is 2.30. The number of aromatic hydroxyl groups is 1. The molecule has 2 rings (SSSR count). The van der Waals surface area contributed by atoms with Gasteiger partial charge in [0.25, 0.3) is 0 Å². The van der Waals surface area contributed by atoms with Crippen molar-refractivity contribution < 1.29 is 9.94 Å². The van der Waals surface area contributed by atoms with Crippen molar-refractivity contribution in [2.24, 2.45) is 0 Å². The van der Waals surface area contributed by atoms with Crippen molar-refractivity contribution >= 4 is 0 Å². The first-order valence-electron chi connectivity index (χ1n) is 3.07. The molecular weight excluding hydrogens is 130 g/mol. The van der Waals surface area contributed by atoms with Gasteiger partial charge in [0.2, 0.25) is 0 Å². The summed E-state index contributed by atoms with van der Waals surface area (Å²) in [5.74, 6) is 0.275. The predicted molar refractivity (Wildman–Crippen MR) is 35.1 cm³/mol. The second-order valence-corrected chi connectivity index (χ2v) is 2.17. The van der Waals surface area contributed by atoms with Crippen LogP contribution in [-0.4, -0.2) is 5.11 Å². The molecule has 1 aliphatic heterocycles. The molecule has 0 amide bonds. The number of para-hydroxylation sites is 1. The first-order valence-corrected chi connectivity index (χ1v) is 3.07. The smallest absolute Gasteiger partial charge is 0.180 e. The van der Waals surface area contributed by atoms with Crippen molar-refractivity contribution in [1.82, 2.24) is 5.48 Å². The maximum absolute atomic E-state index is 9.20. The van der Waals surface area contributed by atoms with Gasteiger partial charge in [-0.25, -0.2) is 0 Å². The molecule has 1 fully saturated rings. The van der Waals surface area contributed by atoms with Gasteiger partial charge in [-0.3, -0.25) is 4.84 Å². The van der Waals surface area contributed by atoms with E-state index < -0.39 is 0 Å². The fourth-order valence-corrected chi connectivity index (χ4v) is 0.870. The van der Waals surface area contributed by atoms with E-state index in [2.05, 4.69) is 5.48 Å². The van der Waals surface area contributed by atoms with Gasteiger partial charge in [-0.15, -0.1) is 0 Å². The van der Waals surface area contributed by atoms with Crippen LogP contribution in [0.25, 0.3) is 0 Å². The topological polar surface area (TPSA) is 54.7 Å². The third kappa shape index (κ3) is 0.853. The SMILES string of the molecule is Oc1ccccc1C1NO1. The Hall–Kier alpha value is -1.06. The van der Waals surface area contributed by atoms with Crippen molar-refractivity contribution in [2.45, 2.75) is 6.23 Å². The van der Waals surface area contributed by atoms with E-state index in [0.717, 1.165) is 5.56 Å². The summed E-state index contributed by atoms with van der Waals surface area (Å²) in [6.07, 6.45) is -0.0961. The van der Waals surface area contributed by atoms with Crippen LogP contribution < -0.4 is 5.48 Å². The van der Waals surface area contributed by atoms with Crippen LogP contribution in [0.2, 0.25) is 0 Å². The maximum atomic E-state index is 9.20. The van der Waals surface area contributed by atoms with Gasteiger partial charge in [0.05, 0.1) is 0 Å². The summed E-state index contributed by atoms with van der Waals surface area (Å²) in [4.78, 5) is 4.77. The van der Waals surface area contributed by atoms with E-state index >= 15 is 0 Å². The lowest BCUT2D eigenvalue weighted by molar-refractivity contribution is 0.368. The van der Waals surface area contributed by atoms with Gasteiger partial charge < -0.3 is 5.11 Å². The first kappa shape index (κ1) is 5.70. The number of phenolic OH excluding ortho intramolecular Hbond substituents is 1. The minimum atomic E-state index is -0.0961. The molecular formula is C7H7NO2. The third-order valence-electron chi connectivity index (χ3n) is 1.45. The highest BCUT2D eigenvalue weighted by atomic mass is 16.8. The van der Waals surface area contributed by atoms with E-state index in [0.29, 0.717) is 0 Å². The fourth-order valence-electron chi connectivity index (χ4n) is 0.870. The molecule has 0 aliphatic carbocycles. The summed E-state index contributed by atoms with van der Waals surface area (Å²) in [7, 11) is 0. The van der Waals surface area contributed by atoms with Crippen LogP contribution in [0.4, 0.5) is 0 Å². The third-order valence-corrected chi connectivity index (χ3v) is 1.45. The highest BCUT2D eigenvalue weighted by molar-refractivity contribution is 5.34. The molecule has 0 saturated carbocycles. The fraction of sp³-hybridized carbons (Fsp3) is 0.143. The second-order valence-electron chi connectivity index (χ2n) is 2.17. The molecule has 0 bridgehead atoms. The zero-order chi connectivity index (χ0) is 6.97. The summed E-state index contributed by atoms with van der Waals surface area (Å²) >= 11 is 0. The molecule has 3 nitrogen and oxygen atoms in total. The summed E-state index contributed by atoms with van der Waals surface area (Å²) in [6, 6.07) is 7.10. The number of benzene rings is 1. The molecule has 0 radical (unpaired) electrons. The molecule has 2 N–H and O–H groups in total. The van der Waals surface area contributed by atoms with Crippen LogP contribution in [0, 0.1) is 0 Å². The molecule has 1 unspecified atom stereocenters. The largest absolute Gasteiger partial charge is 0.508 e. The first-order chi connectivity index (χ1) is 4.88. The van der Waals surface area contributed by atoms with Crippen LogP contribution in [0.5, 0.6) is 5.75 Å². The van der Waals surface area contributed by atoms with E-state index in [-0.39, 0.29) is 12.0 Å². The number of rotatable bonds is 1. The average molecular weight is 137 g/mol. The van der Waals surface area contributed by atoms with E-state index in [1.165, 1.54) is 0 Å². The summed E-state index contributed by atoms with van der Waals surface area (Å²) in [5.41, 5.74) is 3.43. The van der Waals surface area contributed by atoms with Crippen LogP contribution in [0.15, 0.2) is 24.3 Å². The summed E-state index contributed by atoms with van der Waals surface area (Å²) in [6.45, 7) is 0. The molecule has 3 heteroatoms. The molecule has 52 valence electrons. The van der Waals surface area contributed by atoms with Crippen LogP contribution >= 0.6 is 0 Å². The quantitative estimate of drug-likeness (QED) is 0.566. The normalized spacial score (nSPS) is 22.6. The van der Waals surface area contributed by atoms with Gasteiger partial charge in [-0.05, 0) is 6.07 Å². The Morgan fingerprint density at radius 1 is 1.40 bits per heavy atom. The van der Waals surface area contributed by atoms with Gasteiger partial charge >= 0.3 is 0 Å². The molecule has 1 aliphatic rings. The van der Waals surface area contributed by atoms with Crippen molar-refractivity contribution in [3.8, 4) is 5.75 Å². The van der Waals surface area contributed by atoms with Crippen molar-refractivity contribution in [3.05, 3.63) is 29.8 Å². The number of hydrogen-bond donors (Lipinski definition) is 2. The van der Waals surface area contributed by atoms with Crippen molar-refractivity contribution in [3.63, 3.8) is 0 Å². The minimum Gasteiger partial charge on any atom is -0.508 e. The van der Waals surface area contributed by atoms with E-state index in [4.69, 9.17) is 4.84 Å². The van der Waals surface area contributed by atoms with Crippen LogP contribution in [0.1, 0.15) is 11.8 Å². The molecule has 10 heavy (non-hydrogen) atoms. The Bertz CT molecular complexity index is 245. The van der Waals surface area contributed by atoms with E-state index in [9.17, 15) is 5.11 Å². The number of hydroxylamine groups is 1. The lowest BCUT2D eigenvalue weighted by Gasteiger charge is -1.95. The summed E-state index contributed by atoms with van der Waals surface area (Å²) in [5, 5.41) is 9.20. The summed E-state index contributed by atoms with van der Waals surface area (Å²) < 4.78 is 0.